The molecule has 0 radical (unpaired) electrons. The molecule has 1 saturated carbocycles. The summed E-state index contributed by atoms with van der Waals surface area (Å²) in [6.07, 6.45) is 7.33. The van der Waals surface area contributed by atoms with Gasteiger partial charge in [0.25, 0.3) is 0 Å². The molecule has 2 aromatic heterocycles. The van der Waals surface area contributed by atoms with E-state index in [-0.39, 0.29) is 5.25 Å². The molecule has 2 aliphatic rings. The molecule has 4 aromatic rings. The van der Waals surface area contributed by atoms with Gasteiger partial charge in [0.15, 0.2) is 0 Å². The number of aromatic nitrogens is 3. The highest BCUT2D eigenvalue weighted by molar-refractivity contribution is 7.93. The van der Waals surface area contributed by atoms with Gasteiger partial charge in [0.1, 0.15) is 0 Å². The maximum Gasteiger partial charge on any atom is 0.235 e. The number of benzene rings is 2. The van der Waals surface area contributed by atoms with Gasteiger partial charge in [-0.25, -0.2) is 18.4 Å². The molecule has 0 atom stereocenters. The van der Waals surface area contributed by atoms with Crippen molar-refractivity contribution in [1.82, 2.24) is 19.4 Å². The first kappa shape index (κ1) is 25.6. The van der Waals surface area contributed by atoms with E-state index >= 15 is 0 Å². The maximum absolute atomic E-state index is 12.9. The third-order valence-corrected chi connectivity index (χ3v) is 9.69. The summed E-state index contributed by atoms with van der Waals surface area (Å²) in [4.78, 5) is 13.8. The molecule has 1 saturated heterocycles. The molecule has 1 aliphatic heterocycles. The van der Waals surface area contributed by atoms with Gasteiger partial charge < -0.3 is 19.7 Å². The van der Waals surface area contributed by atoms with Gasteiger partial charge in [0, 0.05) is 60.7 Å². The Kier molecular flexibility index (Phi) is 6.68. The number of para-hydroxylation sites is 1. The Balaban J connectivity index is 1.29. The van der Waals surface area contributed by atoms with Gasteiger partial charge in [-0.05, 0) is 70.1 Å². The molecule has 9 nitrogen and oxygen atoms in total. The summed E-state index contributed by atoms with van der Waals surface area (Å²) >= 11 is 0. The first-order valence-corrected chi connectivity index (χ1v) is 15.0. The predicted octanol–water partition coefficient (Wildman–Crippen LogP) is 4.81. The summed E-state index contributed by atoms with van der Waals surface area (Å²) in [6, 6.07) is 16.5. The van der Waals surface area contributed by atoms with Gasteiger partial charge >= 0.3 is 0 Å². The fourth-order valence-corrected chi connectivity index (χ4v) is 6.85. The van der Waals surface area contributed by atoms with Gasteiger partial charge in [-0.3, -0.25) is 4.72 Å². The molecule has 2 N–H and O–H groups in total. The minimum absolute atomic E-state index is 0.304. The molecule has 2 aromatic carbocycles. The lowest BCUT2D eigenvalue weighted by atomic mass is 10.0. The van der Waals surface area contributed by atoms with Crippen LogP contribution in [0.2, 0.25) is 0 Å². The lowest BCUT2D eigenvalue weighted by Crippen LogP contribution is -2.42. The van der Waals surface area contributed by atoms with Gasteiger partial charge in [-0.15, -0.1) is 0 Å². The van der Waals surface area contributed by atoms with E-state index in [0.717, 1.165) is 59.5 Å². The standard InChI is InChI=1S/C29H35N7O2S/c1-34(2)21-13-16-36(17-14-21)28-11-8-20(18-26(28)33-39(37,38)22-9-10-22)31-29-30-15-12-25(32-29)24-19-35(3)27-7-5-4-6-23(24)27/h4-8,11-12,15,18-19,21-22,33H,9-10,13-14,16-17H2,1-3H3,(H,30,31,32). The van der Waals surface area contributed by atoms with Crippen LogP contribution in [-0.4, -0.2) is 66.3 Å². The summed E-state index contributed by atoms with van der Waals surface area (Å²) in [5.74, 6) is 0.455. The van der Waals surface area contributed by atoms with E-state index in [9.17, 15) is 8.42 Å². The number of anilines is 4. The molecule has 39 heavy (non-hydrogen) atoms. The number of nitrogens with one attached hydrogen (secondary N) is 2. The molecule has 1 aliphatic carbocycles. The van der Waals surface area contributed by atoms with Crippen LogP contribution in [0.3, 0.4) is 0 Å². The van der Waals surface area contributed by atoms with E-state index in [2.05, 4.69) is 61.8 Å². The number of fused-ring (bicyclic) bond motifs is 1. The lowest BCUT2D eigenvalue weighted by Gasteiger charge is -2.37. The lowest BCUT2D eigenvalue weighted by molar-refractivity contribution is 0.250. The molecule has 0 spiro atoms. The van der Waals surface area contributed by atoms with Crippen LogP contribution in [0.4, 0.5) is 23.0 Å². The number of hydrogen-bond donors (Lipinski definition) is 2. The van der Waals surface area contributed by atoms with Crippen molar-refractivity contribution in [3.05, 3.63) is 60.9 Å². The Bertz CT molecular complexity index is 1600. The Labute approximate surface area is 229 Å². The summed E-state index contributed by atoms with van der Waals surface area (Å²) in [6.45, 7) is 1.76. The fraction of sp³-hybridized carbons (Fsp3) is 0.379. The Hall–Kier alpha value is -3.63. The van der Waals surface area contributed by atoms with Crippen LogP contribution >= 0.6 is 0 Å². The quantitative estimate of drug-likeness (QED) is 0.328. The van der Waals surface area contributed by atoms with E-state index in [1.54, 1.807) is 6.20 Å². The van der Waals surface area contributed by atoms with Crippen molar-refractivity contribution in [2.24, 2.45) is 7.05 Å². The SMILES string of the molecule is CN(C)C1CCN(c2ccc(Nc3nccc(-c4cn(C)c5ccccc45)n3)cc2NS(=O)(=O)C2CC2)CC1. The van der Waals surface area contributed by atoms with Crippen molar-refractivity contribution in [2.75, 3.05) is 42.1 Å². The maximum atomic E-state index is 12.9. The summed E-state index contributed by atoms with van der Waals surface area (Å²) in [7, 11) is 2.84. The van der Waals surface area contributed by atoms with E-state index < -0.39 is 10.0 Å². The molecule has 10 heteroatoms. The van der Waals surface area contributed by atoms with Crippen molar-refractivity contribution in [3.8, 4) is 11.3 Å². The normalized spacial score (nSPS) is 16.7. The van der Waals surface area contributed by atoms with Gasteiger partial charge in [0.2, 0.25) is 16.0 Å². The van der Waals surface area contributed by atoms with Crippen molar-refractivity contribution in [3.63, 3.8) is 0 Å². The van der Waals surface area contributed by atoms with Crippen LogP contribution in [0, 0.1) is 0 Å². The van der Waals surface area contributed by atoms with Gasteiger partial charge in [-0.2, -0.15) is 0 Å². The van der Waals surface area contributed by atoms with E-state index in [4.69, 9.17) is 4.98 Å². The highest BCUT2D eigenvalue weighted by Crippen LogP contribution is 2.37. The highest BCUT2D eigenvalue weighted by atomic mass is 32.2. The first-order valence-electron chi connectivity index (χ1n) is 13.5. The molecule has 6 rings (SSSR count). The molecular weight excluding hydrogens is 510 g/mol. The highest BCUT2D eigenvalue weighted by Gasteiger charge is 2.36. The van der Waals surface area contributed by atoms with Gasteiger partial charge in [0.05, 0.1) is 22.3 Å². The summed E-state index contributed by atoms with van der Waals surface area (Å²) < 4.78 is 30.9. The van der Waals surface area contributed by atoms with E-state index in [0.29, 0.717) is 30.5 Å². The number of hydrogen-bond acceptors (Lipinski definition) is 7. The third kappa shape index (κ3) is 5.31. The predicted molar refractivity (Wildman–Crippen MR) is 158 cm³/mol. The minimum atomic E-state index is -3.42. The van der Waals surface area contributed by atoms with Crippen LogP contribution in [0.25, 0.3) is 22.2 Å². The second-order valence-electron chi connectivity index (χ2n) is 10.8. The van der Waals surface area contributed by atoms with Crippen molar-refractivity contribution in [1.29, 1.82) is 0 Å². The minimum Gasteiger partial charge on any atom is -0.370 e. The number of sulfonamides is 1. The molecule has 0 bridgehead atoms. The average Bonchev–Trinajstić information content (AvgIpc) is 3.74. The van der Waals surface area contributed by atoms with Crippen LogP contribution in [0.1, 0.15) is 25.7 Å². The zero-order chi connectivity index (χ0) is 27.1. The topological polar surface area (TPSA) is 95.4 Å². The van der Waals surface area contributed by atoms with Crippen LogP contribution < -0.4 is 14.9 Å². The smallest absolute Gasteiger partial charge is 0.235 e. The molecule has 2 fully saturated rings. The molecule has 204 valence electrons. The summed E-state index contributed by atoms with van der Waals surface area (Å²) in [5, 5.41) is 4.13. The Morgan fingerprint density at radius 3 is 2.51 bits per heavy atom. The van der Waals surface area contributed by atoms with Crippen LogP contribution in [-0.2, 0) is 17.1 Å². The number of rotatable bonds is 8. The van der Waals surface area contributed by atoms with Crippen LogP contribution in [0.5, 0.6) is 0 Å². The van der Waals surface area contributed by atoms with Crippen molar-refractivity contribution < 1.29 is 8.42 Å². The largest absolute Gasteiger partial charge is 0.370 e. The fourth-order valence-electron chi connectivity index (χ4n) is 5.45. The zero-order valence-electron chi connectivity index (χ0n) is 22.6. The third-order valence-electron chi connectivity index (χ3n) is 7.83. The van der Waals surface area contributed by atoms with Crippen molar-refractivity contribution in [2.45, 2.75) is 37.0 Å². The van der Waals surface area contributed by atoms with Crippen LogP contribution in [0.15, 0.2) is 60.9 Å². The van der Waals surface area contributed by atoms with Gasteiger partial charge in [-0.1, -0.05) is 18.2 Å². The molecule has 0 unspecified atom stereocenters. The first-order chi connectivity index (χ1) is 18.8. The Morgan fingerprint density at radius 2 is 1.77 bits per heavy atom. The summed E-state index contributed by atoms with van der Waals surface area (Å²) in [5.41, 5.74) is 5.23. The number of aryl methyl sites for hydroxylation is 1. The average molecular weight is 546 g/mol. The second kappa shape index (κ2) is 10.2. The van der Waals surface area contributed by atoms with E-state index in [1.165, 1.54) is 0 Å². The number of nitrogens with zero attached hydrogens (tertiary/aromatic N) is 5. The molecular formula is C29H35N7O2S. The molecule has 3 heterocycles. The molecule has 0 amide bonds. The van der Waals surface area contributed by atoms with Crippen molar-refractivity contribution >= 4 is 43.9 Å². The Morgan fingerprint density at radius 1 is 1.00 bits per heavy atom. The van der Waals surface area contributed by atoms with E-state index in [1.807, 2.05) is 43.4 Å². The second-order valence-corrected chi connectivity index (χ2v) is 12.8. The number of piperidine rings is 1. The monoisotopic (exact) mass is 545 g/mol. The zero-order valence-corrected chi connectivity index (χ0v) is 23.4.